The van der Waals surface area contributed by atoms with Crippen molar-refractivity contribution in [2.24, 2.45) is 0 Å². The molecule has 0 aliphatic heterocycles. The van der Waals surface area contributed by atoms with Crippen LogP contribution in [0.2, 0.25) is 0 Å². The maximum atomic E-state index is 11.6. The van der Waals surface area contributed by atoms with Gasteiger partial charge in [0.25, 0.3) is 5.91 Å². The second kappa shape index (κ2) is 4.63. The first-order valence-electron chi connectivity index (χ1n) is 4.53. The fraction of sp³-hybridized carbons (Fsp3) is 0.400. The van der Waals surface area contributed by atoms with Gasteiger partial charge in [-0.05, 0) is 18.6 Å². The molecule has 5 nitrogen and oxygen atoms in total. The van der Waals surface area contributed by atoms with Crippen LogP contribution in [0.4, 0.5) is 0 Å². The lowest BCUT2D eigenvalue weighted by molar-refractivity contribution is -0.137. The molecule has 1 heterocycles. The molecule has 15 heavy (non-hydrogen) atoms. The first-order chi connectivity index (χ1) is 7.00. The van der Waals surface area contributed by atoms with E-state index in [2.05, 4.69) is 0 Å². The smallest absolute Gasteiger partial charge is 0.305 e. The standard InChI is InChI=1S/C10H13NO4/c1-7-5-8(15-6-7)10(14)11(2)4-3-9(12)13/h5-6H,3-4H2,1-2H3,(H,12,13). The lowest BCUT2D eigenvalue weighted by Gasteiger charge is -2.13. The van der Waals surface area contributed by atoms with Crippen molar-refractivity contribution in [3.8, 4) is 0 Å². The number of carbonyl (C=O) groups excluding carboxylic acids is 1. The summed E-state index contributed by atoms with van der Waals surface area (Å²) in [5.74, 6) is -0.991. The summed E-state index contributed by atoms with van der Waals surface area (Å²) < 4.78 is 5.02. The van der Waals surface area contributed by atoms with Crippen molar-refractivity contribution < 1.29 is 19.1 Å². The predicted molar refractivity (Wildman–Crippen MR) is 52.7 cm³/mol. The van der Waals surface area contributed by atoms with Crippen LogP contribution >= 0.6 is 0 Å². The molecule has 82 valence electrons. The van der Waals surface area contributed by atoms with E-state index in [-0.39, 0.29) is 24.6 Å². The van der Waals surface area contributed by atoms with Crippen LogP contribution in [0.1, 0.15) is 22.5 Å². The van der Waals surface area contributed by atoms with Gasteiger partial charge in [0.15, 0.2) is 5.76 Å². The van der Waals surface area contributed by atoms with Crippen molar-refractivity contribution in [1.29, 1.82) is 0 Å². The minimum absolute atomic E-state index is 0.0675. The normalized spacial score (nSPS) is 10.0. The zero-order chi connectivity index (χ0) is 11.4. The average Bonchev–Trinajstić information content (AvgIpc) is 2.60. The quantitative estimate of drug-likeness (QED) is 0.810. The Hall–Kier alpha value is -1.78. The molecular weight excluding hydrogens is 198 g/mol. The molecular formula is C10H13NO4. The molecule has 0 radical (unpaired) electrons. The van der Waals surface area contributed by atoms with Crippen LogP contribution in [0.25, 0.3) is 0 Å². The van der Waals surface area contributed by atoms with Crippen molar-refractivity contribution in [2.45, 2.75) is 13.3 Å². The fourth-order valence-electron chi connectivity index (χ4n) is 1.10. The average molecular weight is 211 g/mol. The van der Waals surface area contributed by atoms with Crippen LogP contribution in [0.5, 0.6) is 0 Å². The number of aliphatic carboxylic acids is 1. The third kappa shape index (κ3) is 3.12. The summed E-state index contributed by atoms with van der Waals surface area (Å²) in [5.41, 5.74) is 0.866. The van der Waals surface area contributed by atoms with Crippen LogP contribution in [0.3, 0.4) is 0 Å². The summed E-state index contributed by atoms with van der Waals surface area (Å²) in [7, 11) is 1.54. The van der Waals surface area contributed by atoms with Crippen LogP contribution in [0, 0.1) is 6.92 Å². The zero-order valence-corrected chi connectivity index (χ0v) is 8.69. The predicted octanol–water partition coefficient (Wildman–Crippen LogP) is 1.13. The molecule has 0 atom stereocenters. The van der Waals surface area contributed by atoms with Gasteiger partial charge < -0.3 is 14.4 Å². The topological polar surface area (TPSA) is 70.8 Å². The maximum Gasteiger partial charge on any atom is 0.305 e. The SMILES string of the molecule is Cc1coc(C(=O)N(C)CCC(=O)O)c1. The lowest BCUT2D eigenvalue weighted by Crippen LogP contribution is -2.28. The van der Waals surface area contributed by atoms with Crippen molar-refractivity contribution >= 4 is 11.9 Å². The van der Waals surface area contributed by atoms with E-state index in [1.165, 1.54) is 11.2 Å². The Morgan fingerprint density at radius 3 is 2.67 bits per heavy atom. The van der Waals surface area contributed by atoms with Gasteiger partial charge in [-0.3, -0.25) is 9.59 Å². The molecule has 0 spiro atoms. The Labute approximate surface area is 87.3 Å². The van der Waals surface area contributed by atoms with Crippen LogP contribution in [0.15, 0.2) is 16.7 Å². The van der Waals surface area contributed by atoms with E-state index in [1.54, 1.807) is 13.1 Å². The number of carboxylic acids is 1. The summed E-state index contributed by atoms with van der Waals surface area (Å²) in [6.45, 7) is 1.99. The third-order valence-corrected chi connectivity index (χ3v) is 1.95. The van der Waals surface area contributed by atoms with Gasteiger partial charge in [0.2, 0.25) is 0 Å². The second-order valence-corrected chi connectivity index (χ2v) is 3.36. The first-order valence-corrected chi connectivity index (χ1v) is 4.53. The molecule has 0 aromatic carbocycles. The van der Waals surface area contributed by atoms with Gasteiger partial charge in [0, 0.05) is 13.6 Å². The summed E-state index contributed by atoms with van der Waals surface area (Å²) in [6, 6.07) is 1.62. The van der Waals surface area contributed by atoms with E-state index in [4.69, 9.17) is 9.52 Å². The van der Waals surface area contributed by atoms with Gasteiger partial charge in [0.05, 0.1) is 12.7 Å². The monoisotopic (exact) mass is 211 g/mol. The number of furan rings is 1. The van der Waals surface area contributed by atoms with Crippen molar-refractivity contribution in [3.05, 3.63) is 23.7 Å². The number of amides is 1. The molecule has 1 rings (SSSR count). The summed E-state index contributed by atoms with van der Waals surface area (Å²) >= 11 is 0. The largest absolute Gasteiger partial charge is 0.481 e. The Morgan fingerprint density at radius 1 is 1.53 bits per heavy atom. The van der Waals surface area contributed by atoms with E-state index in [1.807, 2.05) is 6.92 Å². The van der Waals surface area contributed by atoms with Gasteiger partial charge in [-0.1, -0.05) is 0 Å². The number of hydrogen-bond acceptors (Lipinski definition) is 3. The van der Waals surface area contributed by atoms with Gasteiger partial charge in [-0.25, -0.2) is 0 Å². The molecule has 0 fully saturated rings. The summed E-state index contributed by atoms with van der Waals surface area (Å²) in [4.78, 5) is 23.2. The second-order valence-electron chi connectivity index (χ2n) is 3.36. The van der Waals surface area contributed by atoms with Crippen LogP contribution < -0.4 is 0 Å². The molecule has 0 bridgehead atoms. The minimum Gasteiger partial charge on any atom is -0.481 e. The molecule has 5 heteroatoms. The number of carbonyl (C=O) groups is 2. The van der Waals surface area contributed by atoms with Crippen molar-refractivity contribution in [2.75, 3.05) is 13.6 Å². The highest BCUT2D eigenvalue weighted by Crippen LogP contribution is 2.08. The van der Waals surface area contributed by atoms with Crippen LogP contribution in [-0.2, 0) is 4.79 Å². The number of aryl methyl sites for hydroxylation is 1. The molecule has 0 aliphatic rings. The van der Waals surface area contributed by atoms with Crippen LogP contribution in [-0.4, -0.2) is 35.5 Å². The number of nitrogens with zero attached hydrogens (tertiary/aromatic N) is 1. The maximum absolute atomic E-state index is 11.6. The first kappa shape index (κ1) is 11.3. The highest BCUT2D eigenvalue weighted by Gasteiger charge is 2.15. The van der Waals surface area contributed by atoms with Gasteiger partial charge >= 0.3 is 5.97 Å². The van der Waals surface area contributed by atoms with E-state index in [9.17, 15) is 9.59 Å². The summed E-state index contributed by atoms with van der Waals surface area (Å²) in [6.07, 6.45) is 1.42. The molecule has 0 unspecified atom stereocenters. The van der Waals surface area contributed by atoms with Gasteiger partial charge in [-0.2, -0.15) is 0 Å². The molecule has 0 aliphatic carbocycles. The fourth-order valence-corrected chi connectivity index (χ4v) is 1.10. The van der Waals surface area contributed by atoms with E-state index in [0.717, 1.165) is 5.56 Å². The summed E-state index contributed by atoms with van der Waals surface area (Å²) in [5, 5.41) is 8.46. The van der Waals surface area contributed by atoms with Crippen molar-refractivity contribution in [1.82, 2.24) is 4.90 Å². The highest BCUT2D eigenvalue weighted by atomic mass is 16.4. The molecule has 0 saturated carbocycles. The Kier molecular flexibility index (Phi) is 3.49. The number of carboxylic acid groups (broad SMARTS) is 1. The van der Waals surface area contributed by atoms with E-state index in [0.29, 0.717) is 0 Å². The third-order valence-electron chi connectivity index (χ3n) is 1.95. The molecule has 1 N–H and O–H groups in total. The Bertz CT molecular complexity index is 369. The highest BCUT2D eigenvalue weighted by molar-refractivity contribution is 5.91. The van der Waals surface area contributed by atoms with Crippen molar-refractivity contribution in [3.63, 3.8) is 0 Å². The number of hydrogen-bond donors (Lipinski definition) is 1. The Balaban J connectivity index is 2.57. The lowest BCUT2D eigenvalue weighted by atomic mass is 10.3. The molecule has 1 aromatic rings. The van der Waals surface area contributed by atoms with E-state index >= 15 is 0 Å². The minimum atomic E-state index is -0.926. The molecule has 1 aromatic heterocycles. The molecule has 1 amide bonds. The zero-order valence-electron chi connectivity index (χ0n) is 8.69. The van der Waals surface area contributed by atoms with Gasteiger partial charge in [0.1, 0.15) is 0 Å². The molecule has 0 saturated heterocycles. The Morgan fingerprint density at radius 2 is 2.20 bits per heavy atom. The van der Waals surface area contributed by atoms with Gasteiger partial charge in [-0.15, -0.1) is 0 Å². The van der Waals surface area contributed by atoms with E-state index < -0.39 is 5.97 Å². The number of rotatable bonds is 4.